The maximum atomic E-state index is 11.1. The van der Waals surface area contributed by atoms with Crippen LogP contribution in [0.4, 0.5) is 0 Å². The van der Waals surface area contributed by atoms with Crippen LogP contribution in [0.1, 0.15) is 11.3 Å². The fourth-order valence-electron chi connectivity index (χ4n) is 1.17. The minimum Gasteiger partial charge on any atom is -0.292 e. The van der Waals surface area contributed by atoms with Crippen LogP contribution in [-0.2, 0) is 9.59 Å². The van der Waals surface area contributed by atoms with Crippen molar-refractivity contribution in [2.75, 3.05) is 0 Å². The van der Waals surface area contributed by atoms with Crippen molar-refractivity contribution in [3.8, 4) is 0 Å². The second-order valence-corrected chi connectivity index (χ2v) is 3.72. The van der Waals surface area contributed by atoms with Crippen molar-refractivity contribution in [3.05, 3.63) is 28.0 Å². The molecule has 4 heteroatoms. The number of hydrogen-bond donors (Lipinski definition) is 1. The molecule has 3 nitrogen and oxygen atoms in total. The van der Waals surface area contributed by atoms with Crippen molar-refractivity contribution in [2.45, 2.75) is 6.42 Å². The third-order valence-corrected chi connectivity index (χ3v) is 2.57. The summed E-state index contributed by atoms with van der Waals surface area (Å²) >= 11 is 1.55. The molecular weight excluding hydrogens is 186 g/mol. The third kappa shape index (κ3) is 1.67. The molecule has 2 heterocycles. The average molecular weight is 193 g/mol. The molecule has 0 atom stereocenters. The molecule has 0 unspecified atom stereocenters. The van der Waals surface area contributed by atoms with E-state index >= 15 is 0 Å². The van der Waals surface area contributed by atoms with E-state index < -0.39 is 0 Å². The topological polar surface area (TPSA) is 46.2 Å². The van der Waals surface area contributed by atoms with Gasteiger partial charge in [0, 0.05) is 10.5 Å². The first-order chi connectivity index (χ1) is 6.25. The molecule has 1 aliphatic rings. The highest BCUT2D eigenvalue weighted by Crippen LogP contribution is 2.17. The van der Waals surface area contributed by atoms with Crippen LogP contribution in [0.5, 0.6) is 0 Å². The van der Waals surface area contributed by atoms with E-state index in [1.54, 1.807) is 17.4 Å². The van der Waals surface area contributed by atoms with Crippen molar-refractivity contribution in [1.82, 2.24) is 5.32 Å². The Hall–Kier alpha value is -1.42. The number of amides is 2. The molecule has 1 fully saturated rings. The van der Waals surface area contributed by atoms with E-state index in [2.05, 4.69) is 5.32 Å². The van der Waals surface area contributed by atoms with Crippen LogP contribution >= 0.6 is 11.3 Å². The van der Waals surface area contributed by atoms with E-state index in [0.29, 0.717) is 5.57 Å². The molecule has 0 aliphatic carbocycles. The molecule has 1 N–H and O–H groups in total. The monoisotopic (exact) mass is 193 g/mol. The number of rotatable bonds is 1. The summed E-state index contributed by atoms with van der Waals surface area (Å²) < 4.78 is 0. The predicted molar refractivity (Wildman–Crippen MR) is 50.1 cm³/mol. The lowest BCUT2D eigenvalue weighted by atomic mass is 10.2. The van der Waals surface area contributed by atoms with Gasteiger partial charge in [-0.1, -0.05) is 6.07 Å². The van der Waals surface area contributed by atoms with E-state index in [0.717, 1.165) is 4.88 Å². The Morgan fingerprint density at radius 1 is 1.46 bits per heavy atom. The van der Waals surface area contributed by atoms with E-state index in [1.165, 1.54) is 0 Å². The van der Waals surface area contributed by atoms with Crippen LogP contribution in [0.25, 0.3) is 6.08 Å². The van der Waals surface area contributed by atoms with Crippen LogP contribution in [0.2, 0.25) is 0 Å². The maximum Gasteiger partial charge on any atom is 0.254 e. The lowest BCUT2D eigenvalue weighted by Crippen LogP contribution is -2.19. The molecule has 13 heavy (non-hydrogen) atoms. The summed E-state index contributed by atoms with van der Waals surface area (Å²) in [5.74, 6) is -0.480. The number of carbonyl (C=O) groups is 2. The number of thiophene rings is 1. The zero-order valence-corrected chi connectivity index (χ0v) is 7.56. The quantitative estimate of drug-likeness (QED) is 0.537. The van der Waals surface area contributed by atoms with Gasteiger partial charge in [0.1, 0.15) is 0 Å². The lowest BCUT2D eigenvalue weighted by molar-refractivity contribution is -0.124. The Morgan fingerprint density at radius 2 is 2.31 bits per heavy atom. The molecule has 0 radical (unpaired) electrons. The average Bonchev–Trinajstić information content (AvgIpc) is 2.63. The Balaban J connectivity index is 2.27. The van der Waals surface area contributed by atoms with Gasteiger partial charge in [-0.2, -0.15) is 0 Å². The zero-order chi connectivity index (χ0) is 9.26. The fraction of sp³-hybridized carbons (Fsp3) is 0.111. The van der Waals surface area contributed by atoms with E-state index in [-0.39, 0.29) is 18.2 Å². The first-order valence-corrected chi connectivity index (χ1v) is 4.72. The van der Waals surface area contributed by atoms with Crippen LogP contribution in [0, 0.1) is 0 Å². The van der Waals surface area contributed by atoms with E-state index in [9.17, 15) is 9.59 Å². The molecule has 66 valence electrons. The molecule has 1 aromatic rings. The highest BCUT2D eigenvalue weighted by molar-refractivity contribution is 7.10. The van der Waals surface area contributed by atoms with Gasteiger partial charge in [0.05, 0.1) is 6.42 Å². The van der Waals surface area contributed by atoms with Crippen LogP contribution in [-0.4, -0.2) is 11.8 Å². The predicted octanol–water partition coefficient (Wildman–Crippen LogP) is 1.18. The molecule has 0 saturated carbocycles. The molecule has 2 rings (SSSR count). The third-order valence-electron chi connectivity index (χ3n) is 1.76. The van der Waals surface area contributed by atoms with Gasteiger partial charge in [-0.15, -0.1) is 11.3 Å². The normalized spacial score (nSPS) is 19.5. The summed E-state index contributed by atoms with van der Waals surface area (Å²) in [6, 6.07) is 3.82. The molecule has 0 bridgehead atoms. The van der Waals surface area contributed by atoms with E-state index in [4.69, 9.17) is 0 Å². The smallest absolute Gasteiger partial charge is 0.254 e. The lowest BCUT2D eigenvalue weighted by Gasteiger charge is -1.88. The largest absolute Gasteiger partial charge is 0.292 e. The summed E-state index contributed by atoms with van der Waals surface area (Å²) in [5.41, 5.74) is 0.549. The molecule has 0 spiro atoms. The SMILES string of the molecule is O=C1C/C(=C\c2cccs2)C(=O)N1. The highest BCUT2D eigenvalue weighted by Gasteiger charge is 2.23. The molecular formula is C9H7NO2S. The summed E-state index contributed by atoms with van der Waals surface area (Å²) in [4.78, 5) is 22.9. The van der Waals surface area contributed by atoms with Gasteiger partial charge in [-0.3, -0.25) is 14.9 Å². The van der Waals surface area contributed by atoms with Gasteiger partial charge >= 0.3 is 0 Å². The number of hydrogen-bond acceptors (Lipinski definition) is 3. The van der Waals surface area contributed by atoms with Gasteiger partial charge < -0.3 is 0 Å². The minimum absolute atomic E-state index is 0.205. The summed E-state index contributed by atoms with van der Waals surface area (Å²) in [7, 11) is 0. The highest BCUT2D eigenvalue weighted by atomic mass is 32.1. The Morgan fingerprint density at radius 3 is 2.85 bits per heavy atom. The standard InChI is InChI=1S/C9H7NO2S/c11-8-5-6(9(12)10-8)4-7-2-1-3-13-7/h1-4H,5H2,(H,10,11,12)/b6-4+. The molecule has 1 aliphatic heterocycles. The summed E-state index contributed by atoms with van der Waals surface area (Å²) in [5, 5.41) is 4.17. The Kier molecular flexibility index (Phi) is 1.98. The van der Waals surface area contributed by atoms with Gasteiger partial charge in [-0.05, 0) is 17.5 Å². The number of nitrogens with one attached hydrogen (secondary N) is 1. The van der Waals surface area contributed by atoms with E-state index in [1.807, 2.05) is 17.5 Å². The maximum absolute atomic E-state index is 11.1. The Labute approximate surface area is 79.1 Å². The van der Waals surface area contributed by atoms with Gasteiger partial charge in [-0.25, -0.2) is 0 Å². The zero-order valence-electron chi connectivity index (χ0n) is 6.74. The molecule has 1 saturated heterocycles. The van der Waals surface area contributed by atoms with Gasteiger partial charge in [0.15, 0.2) is 0 Å². The summed E-state index contributed by atoms with van der Waals surface area (Å²) in [6.07, 6.45) is 1.96. The van der Waals surface area contributed by atoms with Crippen LogP contribution in [0.15, 0.2) is 23.1 Å². The van der Waals surface area contributed by atoms with Crippen molar-refractivity contribution in [3.63, 3.8) is 0 Å². The second kappa shape index (κ2) is 3.14. The fourth-order valence-corrected chi connectivity index (χ4v) is 1.85. The van der Waals surface area contributed by atoms with Crippen molar-refractivity contribution >= 4 is 29.2 Å². The number of imide groups is 1. The number of carbonyl (C=O) groups excluding carboxylic acids is 2. The summed E-state index contributed by atoms with van der Waals surface area (Å²) in [6.45, 7) is 0. The first kappa shape index (κ1) is 8.19. The van der Waals surface area contributed by atoms with Crippen LogP contribution in [0.3, 0.4) is 0 Å². The van der Waals surface area contributed by atoms with Crippen LogP contribution < -0.4 is 5.32 Å². The van der Waals surface area contributed by atoms with Crippen molar-refractivity contribution in [2.24, 2.45) is 0 Å². The van der Waals surface area contributed by atoms with Gasteiger partial charge in [0.25, 0.3) is 5.91 Å². The molecule has 1 aromatic heterocycles. The Bertz CT molecular complexity index is 378. The van der Waals surface area contributed by atoms with Crippen molar-refractivity contribution < 1.29 is 9.59 Å². The minimum atomic E-state index is -0.265. The molecule has 0 aromatic carbocycles. The van der Waals surface area contributed by atoms with Gasteiger partial charge in [0.2, 0.25) is 5.91 Å². The van der Waals surface area contributed by atoms with Crippen molar-refractivity contribution in [1.29, 1.82) is 0 Å². The second-order valence-electron chi connectivity index (χ2n) is 2.74. The molecule has 2 amide bonds. The first-order valence-electron chi connectivity index (χ1n) is 3.84.